The molecular formula is C18H20N2O3. The minimum atomic E-state index is -0.354. The van der Waals surface area contributed by atoms with Crippen molar-refractivity contribution < 1.29 is 14.0 Å². The summed E-state index contributed by atoms with van der Waals surface area (Å²) in [6.45, 7) is 5.70. The van der Waals surface area contributed by atoms with E-state index < -0.39 is 0 Å². The minimum absolute atomic E-state index is 0.233. The highest BCUT2D eigenvalue weighted by Crippen LogP contribution is 2.16. The van der Waals surface area contributed by atoms with Gasteiger partial charge in [0.05, 0.1) is 17.5 Å². The van der Waals surface area contributed by atoms with E-state index in [9.17, 15) is 9.59 Å². The standard InChI is InChI=1S/C18H20N2O3/c1-18(2,3)20-17(22)14-8-4-5-9-15(14)19-16(21)11-10-13-7-6-12-23-13/h4-12H,1-3H3,(H,19,21)(H,20,22)/b11-10-. The van der Waals surface area contributed by atoms with E-state index in [0.717, 1.165) is 0 Å². The van der Waals surface area contributed by atoms with Crippen molar-refractivity contribution in [2.75, 3.05) is 5.32 Å². The van der Waals surface area contributed by atoms with Gasteiger partial charge in [-0.15, -0.1) is 0 Å². The topological polar surface area (TPSA) is 71.3 Å². The molecule has 0 spiro atoms. The van der Waals surface area contributed by atoms with Gasteiger partial charge in [-0.3, -0.25) is 9.59 Å². The Morgan fingerprint density at radius 3 is 2.48 bits per heavy atom. The Labute approximate surface area is 135 Å². The molecule has 5 heteroatoms. The summed E-state index contributed by atoms with van der Waals surface area (Å²) >= 11 is 0. The molecule has 0 radical (unpaired) electrons. The number of amides is 2. The van der Waals surface area contributed by atoms with E-state index in [1.807, 2.05) is 20.8 Å². The fourth-order valence-corrected chi connectivity index (χ4v) is 1.92. The average Bonchev–Trinajstić information content (AvgIpc) is 2.97. The van der Waals surface area contributed by atoms with E-state index in [2.05, 4.69) is 10.6 Å². The first kappa shape index (κ1) is 16.5. The van der Waals surface area contributed by atoms with Gasteiger partial charge in [-0.2, -0.15) is 0 Å². The second-order valence-electron chi connectivity index (χ2n) is 6.09. The third-order valence-corrected chi connectivity index (χ3v) is 2.86. The van der Waals surface area contributed by atoms with Gasteiger partial charge in [-0.25, -0.2) is 0 Å². The Morgan fingerprint density at radius 2 is 1.83 bits per heavy atom. The molecule has 1 heterocycles. The first-order chi connectivity index (χ1) is 10.8. The SMILES string of the molecule is CC(C)(C)NC(=O)c1ccccc1NC(=O)/C=C\c1ccco1. The largest absolute Gasteiger partial charge is 0.465 e. The van der Waals surface area contributed by atoms with Crippen LogP contribution in [0.3, 0.4) is 0 Å². The van der Waals surface area contributed by atoms with Crippen LogP contribution in [0.1, 0.15) is 36.9 Å². The number of carbonyl (C=O) groups excluding carboxylic acids is 2. The molecule has 2 aromatic rings. The molecule has 2 rings (SSSR count). The number of hydrogen-bond acceptors (Lipinski definition) is 3. The highest BCUT2D eigenvalue weighted by molar-refractivity contribution is 6.07. The van der Waals surface area contributed by atoms with Crippen LogP contribution in [0, 0.1) is 0 Å². The van der Waals surface area contributed by atoms with Crippen LogP contribution in [-0.4, -0.2) is 17.4 Å². The van der Waals surface area contributed by atoms with Crippen LogP contribution >= 0.6 is 0 Å². The molecule has 0 unspecified atom stereocenters. The Hall–Kier alpha value is -2.82. The summed E-state index contributed by atoms with van der Waals surface area (Å²) in [4.78, 5) is 24.3. The van der Waals surface area contributed by atoms with E-state index in [0.29, 0.717) is 17.0 Å². The van der Waals surface area contributed by atoms with Gasteiger partial charge in [0.25, 0.3) is 5.91 Å². The van der Waals surface area contributed by atoms with Crippen molar-refractivity contribution >= 4 is 23.6 Å². The Kier molecular flexibility index (Phi) is 5.01. The number of rotatable bonds is 4. The van der Waals surface area contributed by atoms with Gasteiger partial charge in [0.2, 0.25) is 5.91 Å². The lowest BCUT2D eigenvalue weighted by Crippen LogP contribution is -2.40. The van der Waals surface area contributed by atoms with Crippen LogP contribution in [-0.2, 0) is 4.79 Å². The molecule has 120 valence electrons. The van der Waals surface area contributed by atoms with E-state index in [4.69, 9.17) is 4.42 Å². The molecule has 2 N–H and O–H groups in total. The summed E-state index contributed by atoms with van der Waals surface area (Å²) in [5, 5.41) is 5.59. The molecule has 0 atom stereocenters. The fourth-order valence-electron chi connectivity index (χ4n) is 1.92. The molecule has 1 aromatic carbocycles. The maximum Gasteiger partial charge on any atom is 0.253 e. The molecule has 0 fully saturated rings. The van der Waals surface area contributed by atoms with Gasteiger partial charge in [-0.05, 0) is 51.1 Å². The summed E-state index contributed by atoms with van der Waals surface area (Å²) in [6.07, 6.45) is 4.45. The summed E-state index contributed by atoms with van der Waals surface area (Å²) in [6, 6.07) is 10.4. The third kappa shape index (κ3) is 5.14. The Morgan fingerprint density at radius 1 is 1.09 bits per heavy atom. The van der Waals surface area contributed by atoms with Gasteiger partial charge >= 0.3 is 0 Å². The third-order valence-electron chi connectivity index (χ3n) is 2.86. The van der Waals surface area contributed by atoms with Crippen LogP contribution < -0.4 is 10.6 Å². The predicted octanol–water partition coefficient (Wildman–Crippen LogP) is 3.46. The zero-order valence-corrected chi connectivity index (χ0v) is 13.4. The Balaban J connectivity index is 2.11. The van der Waals surface area contributed by atoms with Gasteiger partial charge in [0, 0.05) is 11.6 Å². The molecule has 1 aromatic heterocycles. The number of carbonyl (C=O) groups is 2. The second kappa shape index (κ2) is 6.96. The van der Waals surface area contributed by atoms with Crippen LogP contribution in [0.15, 0.2) is 53.2 Å². The molecule has 23 heavy (non-hydrogen) atoms. The lowest BCUT2D eigenvalue weighted by molar-refractivity contribution is -0.111. The minimum Gasteiger partial charge on any atom is -0.465 e. The van der Waals surface area contributed by atoms with Crippen molar-refractivity contribution in [3.05, 3.63) is 60.1 Å². The summed E-state index contributed by atoms with van der Waals surface area (Å²) in [5.74, 6) is 0.0136. The molecule has 2 amide bonds. The zero-order chi connectivity index (χ0) is 16.9. The normalized spacial score (nSPS) is 11.4. The van der Waals surface area contributed by atoms with Crippen LogP contribution in [0.2, 0.25) is 0 Å². The quantitative estimate of drug-likeness (QED) is 0.849. The first-order valence-electron chi connectivity index (χ1n) is 7.29. The van der Waals surface area contributed by atoms with Crippen molar-refractivity contribution in [3.63, 3.8) is 0 Å². The number of anilines is 1. The van der Waals surface area contributed by atoms with Gasteiger partial charge in [0.1, 0.15) is 5.76 Å². The lowest BCUT2D eigenvalue weighted by Gasteiger charge is -2.21. The lowest BCUT2D eigenvalue weighted by atomic mass is 10.1. The molecule has 5 nitrogen and oxygen atoms in total. The van der Waals surface area contributed by atoms with E-state index in [-0.39, 0.29) is 17.4 Å². The average molecular weight is 312 g/mol. The molecule has 0 aliphatic heterocycles. The highest BCUT2D eigenvalue weighted by Gasteiger charge is 2.18. The van der Waals surface area contributed by atoms with Crippen molar-refractivity contribution in [1.82, 2.24) is 5.32 Å². The smallest absolute Gasteiger partial charge is 0.253 e. The Bertz CT molecular complexity index is 710. The van der Waals surface area contributed by atoms with E-state index in [1.165, 1.54) is 12.3 Å². The van der Waals surface area contributed by atoms with Gasteiger partial charge in [-0.1, -0.05) is 12.1 Å². The van der Waals surface area contributed by atoms with Crippen molar-refractivity contribution in [2.45, 2.75) is 26.3 Å². The molecule has 0 aliphatic rings. The molecule has 0 aliphatic carbocycles. The van der Waals surface area contributed by atoms with Crippen LogP contribution in [0.5, 0.6) is 0 Å². The first-order valence-corrected chi connectivity index (χ1v) is 7.29. The van der Waals surface area contributed by atoms with Crippen molar-refractivity contribution in [2.24, 2.45) is 0 Å². The van der Waals surface area contributed by atoms with E-state index >= 15 is 0 Å². The van der Waals surface area contributed by atoms with Gasteiger partial charge < -0.3 is 15.1 Å². The van der Waals surface area contributed by atoms with Crippen LogP contribution in [0.4, 0.5) is 5.69 Å². The summed E-state index contributed by atoms with van der Waals surface area (Å²) < 4.78 is 5.12. The number of benzene rings is 1. The molecule has 0 saturated carbocycles. The maximum absolute atomic E-state index is 12.3. The predicted molar refractivity (Wildman–Crippen MR) is 90.0 cm³/mol. The second-order valence-corrected chi connectivity index (χ2v) is 6.09. The number of furan rings is 1. The van der Waals surface area contributed by atoms with Crippen LogP contribution in [0.25, 0.3) is 6.08 Å². The highest BCUT2D eigenvalue weighted by atomic mass is 16.3. The number of para-hydroxylation sites is 1. The number of nitrogens with one attached hydrogen (secondary N) is 2. The number of hydrogen-bond donors (Lipinski definition) is 2. The van der Waals surface area contributed by atoms with E-state index in [1.54, 1.807) is 42.5 Å². The fraction of sp³-hybridized carbons (Fsp3) is 0.222. The van der Waals surface area contributed by atoms with Crippen molar-refractivity contribution in [3.8, 4) is 0 Å². The molecular weight excluding hydrogens is 292 g/mol. The van der Waals surface area contributed by atoms with Gasteiger partial charge in [0.15, 0.2) is 0 Å². The zero-order valence-electron chi connectivity index (χ0n) is 13.4. The molecule has 0 saturated heterocycles. The maximum atomic E-state index is 12.3. The monoisotopic (exact) mass is 312 g/mol. The summed E-state index contributed by atoms with van der Waals surface area (Å²) in [7, 11) is 0. The summed E-state index contributed by atoms with van der Waals surface area (Å²) in [5.41, 5.74) is 0.526. The molecule has 0 bridgehead atoms. The van der Waals surface area contributed by atoms with Crippen molar-refractivity contribution in [1.29, 1.82) is 0 Å².